The molecule has 0 spiro atoms. The minimum Gasteiger partial charge on any atom is -0.495 e. The first kappa shape index (κ1) is 14.8. The molecule has 2 rings (SSSR count). The number of hydrogen-bond acceptors (Lipinski definition) is 3. The van der Waals surface area contributed by atoms with E-state index < -0.39 is 0 Å². The summed E-state index contributed by atoms with van der Waals surface area (Å²) in [4.78, 5) is 14.1. The number of carbonyl (C=O) groups is 1. The molecule has 1 aliphatic rings. The van der Waals surface area contributed by atoms with Crippen LogP contribution in [0, 0.1) is 0 Å². The monoisotopic (exact) mass is 390 g/mol. The van der Waals surface area contributed by atoms with Crippen molar-refractivity contribution in [2.45, 2.75) is 19.4 Å². The van der Waals surface area contributed by atoms with Crippen molar-refractivity contribution >= 4 is 43.5 Å². The van der Waals surface area contributed by atoms with Gasteiger partial charge in [0.15, 0.2) is 0 Å². The van der Waals surface area contributed by atoms with Gasteiger partial charge >= 0.3 is 0 Å². The van der Waals surface area contributed by atoms with Crippen LogP contribution in [0.2, 0.25) is 0 Å². The molecule has 1 unspecified atom stereocenters. The molecule has 1 heterocycles. The maximum atomic E-state index is 12.3. The number of benzene rings is 1. The molecular weight excluding hydrogens is 376 g/mol. The number of halogens is 2. The molecule has 1 aromatic carbocycles. The Morgan fingerprint density at radius 3 is 2.79 bits per heavy atom. The van der Waals surface area contributed by atoms with Crippen molar-refractivity contribution in [2.24, 2.45) is 0 Å². The summed E-state index contributed by atoms with van der Waals surface area (Å²) in [5, 5.41) is 3.21. The first-order valence-corrected chi connectivity index (χ1v) is 7.74. The van der Waals surface area contributed by atoms with Gasteiger partial charge in [-0.1, -0.05) is 6.92 Å². The van der Waals surface area contributed by atoms with E-state index in [0.29, 0.717) is 0 Å². The minimum absolute atomic E-state index is 0.0773. The van der Waals surface area contributed by atoms with Crippen LogP contribution in [0.15, 0.2) is 21.1 Å². The van der Waals surface area contributed by atoms with Crippen LogP contribution in [0.3, 0.4) is 0 Å². The Balaban J connectivity index is 2.30. The van der Waals surface area contributed by atoms with Crippen molar-refractivity contribution < 1.29 is 9.53 Å². The fourth-order valence-corrected chi connectivity index (χ4v) is 3.61. The second kappa shape index (κ2) is 6.24. The van der Waals surface area contributed by atoms with Crippen LogP contribution in [0.25, 0.3) is 0 Å². The minimum atomic E-state index is -0.0773. The Labute approximate surface area is 129 Å². The number of carbonyl (C=O) groups excluding carboxylic acids is 1. The highest BCUT2D eigenvalue weighted by Gasteiger charge is 2.33. The Morgan fingerprint density at radius 1 is 1.42 bits per heavy atom. The van der Waals surface area contributed by atoms with Gasteiger partial charge in [0.05, 0.1) is 23.3 Å². The molecule has 0 bridgehead atoms. The first-order chi connectivity index (χ1) is 9.08. The molecular formula is C13H16Br2N2O2. The summed E-state index contributed by atoms with van der Waals surface area (Å²) in [6.45, 7) is 3.53. The molecule has 1 atom stereocenters. The summed E-state index contributed by atoms with van der Waals surface area (Å²) < 4.78 is 7.03. The number of anilines is 1. The van der Waals surface area contributed by atoms with Gasteiger partial charge in [-0.3, -0.25) is 4.79 Å². The number of nitrogens with one attached hydrogen (secondary N) is 1. The average Bonchev–Trinajstić information content (AvgIpc) is 2.72. The summed E-state index contributed by atoms with van der Waals surface area (Å²) in [6.07, 6.45) is 0.831. The number of nitrogens with zero attached hydrogens (tertiary/aromatic N) is 1. The van der Waals surface area contributed by atoms with Crippen LogP contribution in [0.5, 0.6) is 5.75 Å². The van der Waals surface area contributed by atoms with Gasteiger partial charge in [-0.05, 0) is 50.9 Å². The lowest BCUT2D eigenvalue weighted by atomic mass is 10.2. The molecule has 1 aromatic rings. The Kier molecular flexibility index (Phi) is 4.86. The largest absolute Gasteiger partial charge is 0.495 e. The van der Waals surface area contributed by atoms with Crippen LogP contribution in [0.1, 0.15) is 13.3 Å². The lowest BCUT2D eigenvalue weighted by Crippen LogP contribution is -2.38. The topological polar surface area (TPSA) is 41.6 Å². The maximum absolute atomic E-state index is 12.3. The predicted octanol–water partition coefficient (Wildman–Crippen LogP) is 2.94. The van der Waals surface area contributed by atoms with Crippen molar-refractivity contribution in [1.82, 2.24) is 5.32 Å². The normalized spacial score (nSPS) is 19.1. The second-order valence-electron chi connectivity index (χ2n) is 4.33. The van der Waals surface area contributed by atoms with Crippen molar-refractivity contribution in [3.05, 3.63) is 21.1 Å². The van der Waals surface area contributed by atoms with Gasteiger partial charge in [0.25, 0.3) is 0 Å². The van der Waals surface area contributed by atoms with E-state index in [4.69, 9.17) is 4.74 Å². The highest BCUT2D eigenvalue weighted by molar-refractivity contribution is 9.11. The fraction of sp³-hybridized carbons (Fsp3) is 0.462. The molecule has 0 aliphatic carbocycles. The zero-order valence-electron chi connectivity index (χ0n) is 10.9. The summed E-state index contributed by atoms with van der Waals surface area (Å²) in [6, 6.07) is 3.70. The molecule has 0 radical (unpaired) electrons. The standard InChI is InChI=1S/C13H16Br2N2O2/c1-3-16-10-4-5-17(13(10)18)11-7-12(19-2)9(15)6-8(11)14/h6-7,10,16H,3-5H2,1-2H3. The first-order valence-electron chi connectivity index (χ1n) is 6.16. The van der Waals surface area contributed by atoms with E-state index in [-0.39, 0.29) is 11.9 Å². The lowest BCUT2D eigenvalue weighted by Gasteiger charge is -2.20. The van der Waals surface area contributed by atoms with Crippen molar-refractivity contribution in [3.8, 4) is 5.75 Å². The van der Waals surface area contributed by atoms with Crippen LogP contribution in [0.4, 0.5) is 5.69 Å². The highest BCUT2D eigenvalue weighted by Crippen LogP contribution is 2.38. The van der Waals surface area contributed by atoms with Crippen molar-refractivity contribution in [3.63, 3.8) is 0 Å². The molecule has 0 aromatic heterocycles. The quantitative estimate of drug-likeness (QED) is 0.857. The number of hydrogen-bond donors (Lipinski definition) is 1. The van der Waals surface area contributed by atoms with Gasteiger partial charge in [0.1, 0.15) is 5.75 Å². The molecule has 4 nitrogen and oxygen atoms in total. The number of ether oxygens (including phenoxy) is 1. The van der Waals surface area contributed by atoms with Gasteiger partial charge in [0, 0.05) is 17.1 Å². The van der Waals surface area contributed by atoms with Crippen molar-refractivity contribution in [2.75, 3.05) is 25.1 Å². The van der Waals surface area contributed by atoms with Crippen LogP contribution >= 0.6 is 31.9 Å². The van der Waals surface area contributed by atoms with Gasteiger partial charge in [-0.25, -0.2) is 0 Å². The smallest absolute Gasteiger partial charge is 0.244 e. The third-order valence-corrected chi connectivity index (χ3v) is 4.42. The van der Waals surface area contributed by atoms with E-state index in [0.717, 1.165) is 39.9 Å². The van der Waals surface area contributed by atoms with E-state index in [2.05, 4.69) is 37.2 Å². The number of likely N-dealkylation sites (N-methyl/N-ethyl adjacent to an activating group) is 1. The highest BCUT2D eigenvalue weighted by atomic mass is 79.9. The molecule has 1 fully saturated rings. The summed E-state index contributed by atoms with van der Waals surface area (Å²) in [5.41, 5.74) is 0.852. The van der Waals surface area contributed by atoms with E-state index in [1.165, 1.54) is 0 Å². The lowest BCUT2D eigenvalue weighted by molar-refractivity contribution is -0.118. The van der Waals surface area contributed by atoms with Crippen LogP contribution < -0.4 is 15.0 Å². The molecule has 1 amide bonds. The Morgan fingerprint density at radius 2 is 2.16 bits per heavy atom. The van der Waals surface area contributed by atoms with E-state index in [9.17, 15) is 4.79 Å². The molecule has 19 heavy (non-hydrogen) atoms. The fourth-order valence-electron chi connectivity index (χ4n) is 2.24. The summed E-state index contributed by atoms with van der Waals surface area (Å²) >= 11 is 6.94. The summed E-state index contributed by atoms with van der Waals surface area (Å²) in [7, 11) is 1.62. The Hall–Kier alpha value is -0.590. The van der Waals surface area contributed by atoms with E-state index in [1.807, 2.05) is 19.1 Å². The van der Waals surface area contributed by atoms with Crippen molar-refractivity contribution in [1.29, 1.82) is 0 Å². The molecule has 1 N–H and O–H groups in total. The predicted molar refractivity (Wildman–Crippen MR) is 82.8 cm³/mol. The average molecular weight is 392 g/mol. The molecule has 104 valence electrons. The SMILES string of the molecule is CCNC1CCN(c2cc(OC)c(Br)cc2Br)C1=O. The van der Waals surface area contributed by atoms with Gasteiger partial charge in [0.2, 0.25) is 5.91 Å². The Bertz CT molecular complexity index is 494. The zero-order valence-corrected chi connectivity index (χ0v) is 14.0. The molecule has 1 aliphatic heterocycles. The molecule has 0 saturated carbocycles. The summed E-state index contributed by atoms with van der Waals surface area (Å²) in [5.74, 6) is 0.838. The molecule has 6 heteroatoms. The number of rotatable bonds is 4. The third kappa shape index (κ3) is 2.95. The van der Waals surface area contributed by atoms with E-state index >= 15 is 0 Å². The number of amides is 1. The number of methoxy groups -OCH3 is 1. The van der Waals surface area contributed by atoms with Crippen LogP contribution in [-0.4, -0.2) is 32.1 Å². The van der Waals surface area contributed by atoms with Crippen LogP contribution in [-0.2, 0) is 4.79 Å². The van der Waals surface area contributed by atoms with Gasteiger partial charge in [-0.2, -0.15) is 0 Å². The van der Waals surface area contributed by atoms with E-state index in [1.54, 1.807) is 12.0 Å². The second-order valence-corrected chi connectivity index (χ2v) is 6.04. The molecule has 1 saturated heterocycles. The zero-order chi connectivity index (χ0) is 14.0. The third-order valence-electron chi connectivity index (χ3n) is 3.17. The van der Waals surface area contributed by atoms with Gasteiger partial charge in [-0.15, -0.1) is 0 Å². The maximum Gasteiger partial charge on any atom is 0.244 e. The van der Waals surface area contributed by atoms with Gasteiger partial charge < -0.3 is 15.0 Å².